The molecule has 110 valence electrons. The molecule has 3 heteroatoms. The van der Waals surface area contributed by atoms with Crippen LogP contribution >= 0.6 is 15.9 Å². The van der Waals surface area contributed by atoms with Gasteiger partial charge in [-0.05, 0) is 61.1 Å². The molecule has 2 nitrogen and oxygen atoms in total. The molecule has 2 aromatic carbocycles. The molecule has 1 aliphatic rings. The molecule has 2 aromatic rings. The van der Waals surface area contributed by atoms with Crippen molar-refractivity contribution in [3.63, 3.8) is 0 Å². The summed E-state index contributed by atoms with van der Waals surface area (Å²) in [6.07, 6.45) is 3.63. The maximum absolute atomic E-state index is 6.51. The first-order chi connectivity index (χ1) is 10.2. The molecule has 0 fully saturated rings. The second-order valence-corrected chi connectivity index (χ2v) is 6.39. The number of nitrogens with two attached hydrogens (primary N) is 1. The molecule has 0 saturated carbocycles. The number of hydrogen-bond donors (Lipinski definition) is 1. The minimum atomic E-state index is -0.157. The SMILES string of the molecule is CCOc1ccc(Br)cc1C(N)c1ccc2c(c1)CCC2. The van der Waals surface area contributed by atoms with E-state index >= 15 is 0 Å². The summed E-state index contributed by atoms with van der Waals surface area (Å²) in [5.41, 5.74) is 11.6. The quantitative estimate of drug-likeness (QED) is 0.891. The summed E-state index contributed by atoms with van der Waals surface area (Å²) in [6.45, 7) is 2.64. The molecule has 0 bridgehead atoms. The van der Waals surface area contributed by atoms with Gasteiger partial charge in [0.25, 0.3) is 0 Å². The zero-order valence-electron chi connectivity index (χ0n) is 12.2. The Bertz CT molecular complexity index is 654. The van der Waals surface area contributed by atoms with Gasteiger partial charge in [0, 0.05) is 10.0 Å². The highest BCUT2D eigenvalue weighted by Crippen LogP contribution is 2.33. The normalized spacial score (nSPS) is 14.8. The fourth-order valence-corrected chi connectivity index (χ4v) is 3.39. The van der Waals surface area contributed by atoms with E-state index < -0.39 is 0 Å². The molecular weight excluding hydrogens is 326 g/mol. The van der Waals surface area contributed by atoms with Crippen molar-refractivity contribution in [1.82, 2.24) is 0 Å². The first-order valence-electron chi connectivity index (χ1n) is 7.48. The molecule has 1 atom stereocenters. The Labute approximate surface area is 134 Å². The van der Waals surface area contributed by atoms with Crippen molar-refractivity contribution in [2.75, 3.05) is 6.61 Å². The molecule has 21 heavy (non-hydrogen) atoms. The van der Waals surface area contributed by atoms with Gasteiger partial charge in [-0.2, -0.15) is 0 Å². The molecular formula is C18H20BrNO. The van der Waals surface area contributed by atoms with Crippen LogP contribution in [-0.2, 0) is 12.8 Å². The van der Waals surface area contributed by atoms with Gasteiger partial charge in [-0.25, -0.2) is 0 Å². The average molecular weight is 346 g/mol. The van der Waals surface area contributed by atoms with E-state index in [2.05, 4.69) is 40.2 Å². The van der Waals surface area contributed by atoms with E-state index in [0.717, 1.165) is 21.3 Å². The van der Waals surface area contributed by atoms with E-state index in [1.807, 2.05) is 19.1 Å². The lowest BCUT2D eigenvalue weighted by atomic mass is 9.96. The van der Waals surface area contributed by atoms with Crippen LogP contribution in [0.25, 0.3) is 0 Å². The lowest BCUT2D eigenvalue weighted by Crippen LogP contribution is -2.14. The molecule has 1 aliphatic carbocycles. The molecule has 0 saturated heterocycles. The van der Waals surface area contributed by atoms with Crippen molar-refractivity contribution in [2.24, 2.45) is 5.73 Å². The maximum Gasteiger partial charge on any atom is 0.124 e. The van der Waals surface area contributed by atoms with Gasteiger partial charge < -0.3 is 10.5 Å². The summed E-state index contributed by atoms with van der Waals surface area (Å²) >= 11 is 3.53. The van der Waals surface area contributed by atoms with E-state index in [0.29, 0.717) is 6.61 Å². The van der Waals surface area contributed by atoms with Gasteiger partial charge in [0.05, 0.1) is 12.6 Å². The van der Waals surface area contributed by atoms with Gasteiger partial charge >= 0.3 is 0 Å². The minimum Gasteiger partial charge on any atom is -0.494 e. The van der Waals surface area contributed by atoms with E-state index in [4.69, 9.17) is 10.5 Å². The molecule has 0 spiro atoms. The predicted molar refractivity (Wildman–Crippen MR) is 89.8 cm³/mol. The first kappa shape index (κ1) is 14.6. The van der Waals surface area contributed by atoms with E-state index in [-0.39, 0.29) is 6.04 Å². The van der Waals surface area contributed by atoms with Crippen molar-refractivity contribution in [2.45, 2.75) is 32.2 Å². The fourth-order valence-electron chi connectivity index (χ4n) is 3.01. The number of fused-ring (bicyclic) bond motifs is 1. The Morgan fingerprint density at radius 2 is 1.95 bits per heavy atom. The zero-order chi connectivity index (χ0) is 14.8. The summed E-state index contributed by atoms with van der Waals surface area (Å²) in [7, 11) is 0. The Morgan fingerprint density at radius 1 is 1.14 bits per heavy atom. The van der Waals surface area contributed by atoms with Gasteiger partial charge in [0.1, 0.15) is 5.75 Å². The third kappa shape index (κ3) is 2.99. The highest BCUT2D eigenvalue weighted by molar-refractivity contribution is 9.10. The number of halogens is 1. The van der Waals surface area contributed by atoms with Crippen LogP contribution in [0.15, 0.2) is 40.9 Å². The summed E-state index contributed by atoms with van der Waals surface area (Å²) < 4.78 is 6.75. The van der Waals surface area contributed by atoms with Gasteiger partial charge in [-0.15, -0.1) is 0 Å². The fraction of sp³-hybridized carbons (Fsp3) is 0.333. The molecule has 0 heterocycles. The number of ether oxygens (including phenoxy) is 1. The van der Waals surface area contributed by atoms with Gasteiger partial charge in [0.15, 0.2) is 0 Å². The molecule has 0 aliphatic heterocycles. The monoisotopic (exact) mass is 345 g/mol. The molecule has 3 rings (SSSR count). The van der Waals surface area contributed by atoms with Crippen molar-refractivity contribution in [1.29, 1.82) is 0 Å². The number of benzene rings is 2. The predicted octanol–water partition coefficient (Wildman–Crippen LogP) is 4.38. The molecule has 1 unspecified atom stereocenters. The smallest absolute Gasteiger partial charge is 0.124 e. The Kier molecular flexibility index (Phi) is 4.32. The van der Waals surface area contributed by atoms with Crippen LogP contribution in [-0.4, -0.2) is 6.61 Å². The van der Waals surface area contributed by atoms with Crippen molar-refractivity contribution < 1.29 is 4.74 Å². The number of aryl methyl sites for hydroxylation is 2. The van der Waals surface area contributed by atoms with E-state index in [9.17, 15) is 0 Å². The van der Waals surface area contributed by atoms with Gasteiger partial charge in [-0.1, -0.05) is 34.1 Å². The van der Waals surface area contributed by atoms with Crippen LogP contribution in [0, 0.1) is 0 Å². The molecule has 0 radical (unpaired) electrons. The number of hydrogen-bond acceptors (Lipinski definition) is 2. The summed E-state index contributed by atoms with van der Waals surface area (Å²) in [4.78, 5) is 0. The summed E-state index contributed by atoms with van der Waals surface area (Å²) in [5, 5.41) is 0. The topological polar surface area (TPSA) is 35.2 Å². The molecule has 2 N–H and O–H groups in total. The lowest BCUT2D eigenvalue weighted by molar-refractivity contribution is 0.335. The first-order valence-corrected chi connectivity index (χ1v) is 8.28. The Balaban J connectivity index is 1.97. The molecule has 0 aromatic heterocycles. The van der Waals surface area contributed by atoms with Crippen LogP contribution in [0.2, 0.25) is 0 Å². The third-order valence-corrected chi connectivity index (χ3v) is 4.58. The molecule has 0 amide bonds. The van der Waals surface area contributed by atoms with E-state index in [1.54, 1.807) is 0 Å². The Morgan fingerprint density at radius 3 is 2.76 bits per heavy atom. The van der Waals surface area contributed by atoms with Crippen LogP contribution in [0.3, 0.4) is 0 Å². The standard InChI is InChI=1S/C18H20BrNO/c1-2-21-17-9-8-15(19)11-16(17)18(20)14-7-6-12-4-3-5-13(12)10-14/h6-11,18H,2-5,20H2,1H3. The summed E-state index contributed by atoms with van der Waals surface area (Å²) in [5.74, 6) is 0.869. The third-order valence-electron chi connectivity index (χ3n) is 4.09. The second-order valence-electron chi connectivity index (χ2n) is 5.47. The van der Waals surface area contributed by atoms with Gasteiger partial charge in [0.2, 0.25) is 0 Å². The van der Waals surface area contributed by atoms with Crippen LogP contribution in [0.5, 0.6) is 5.75 Å². The lowest BCUT2D eigenvalue weighted by Gasteiger charge is -2.18. The zero-order valence-corrected chi connectivity index (χ0v) is 13.8. The van der Waals surface area contributed by atoms with Crippen molar-refractivity contribution >= 4 is 15.9 Å². The van der Waals surface area contributed by atoms with Crippen molar-refractivity contribution in [3.05, 3.63) is 63.1 Å². The van der Waals surface area contributed by atoms with Gasteiger partial charge in [-0.3, -0.25) is 0 Å². The highest BCUT2D eigenvalue weighted by Gasteiger charge is 2.18. The van der Waals surface area contributed by atoms with E-state index in [1.165, 1.54) is 30.4 Å². The average Bonchev–Trinajstić information content (AvgIpc) is 2.96. The van der Waals surface area contributed by atoms with Crippen LogP contribution < -0.4 is 10.5 Å². The van der Waals surface area contributed by atoms with Crippen molar-refractivity contribution in [3.8, 4) is 5.75 Å². The van der Waals surface area contributed by atoms with Crippen LogP contribution in [0.1, 0.15) is 41.6 Å². The van der Waals surface area contributed by atoms with Crippen LogP contribution in [0.4, 0.5) is 0 Å². The highest BCUT2D eigenvalue weighted by atomic mass is 79.9. The second kappa shape index (κ2) is 6.20. The summed E-state index contributed by atoms with van der Waals surface area (Å²) in [6, 6.07) is 12.5. The Hall–Kier alpha value is -1.32. The number of rotatable bonds is 4. The minimum absolute atomic E-state index is 0.157. The largest absolute Gasteiger partial charge is 0.494 e. The maximum atomic E-state index is 6.51.